The van der Waals surface area contributed by atoms with Crippen LogP contribution < -0.4 is 5.32 Å². The van der Waals surface area contributed by atoms with Gasteiger partial charge < -0.3 is 5.32 Å². The van der Waals surface area contributed by atoms with Gasteiger partial charge in [0.05, 0.1) is 10.0 Å². The molecule has 0 bridgehead atoms. The molecule has 0 aromatic heterocycles. The molecule has 0 aliphatic carbocycles. The quantitative estimate of drug-likeness (QED) is 0.778. The van der Waals surface area contributed by atoms with Gasteiger partial charge in [-0.3, -0.25) is 0 Å². The zero-order valence-electron chi connectivity index (χ0n) is 8.39. The van der Waals surface area contributed by atoms with E-state index in [2.05, 4.69) is 11.9 Å². The number of rotatable bonds is 2. The number of nitrogens with one attached hydrogen (secondary N) is 1. The van der Waals surface area contributed by atoms with Gasteiger partial charge in [0.15, 0.2) is 0 Å². The van der Waals surface area contributed by atoms with Gasteiger partial charge in [0.25, 0.3) is 0 Å². The normalized spacial score (nSPS) is 19.7. The first-order valence-electron chi connectivity index (χ1n) is 5.04. The van der Waals surface area contributed by atoms with Crippen LogP contribution in [0.3, 0.4) is 0 Å². The van der Waals surface area contributed by atoms with E-state index in [1.165, 1.54) is 11.1 Å². The Bertz CT molecular complexity index is 387. The Morgan fingerprint density at radius 2 is 2.13 bits per heavy atom. The Kier molecular flexibility index (Phi) is 3.35. The lowest BCUT2D eigenvalue weighted by Gasteiger charge is -2.26. The van der Waals surface area contributed by atoms with Crippen molar-refractivity contribution in [3.8, 4) is 0 Å². The first-order valence-corrected chi connectivity index (χ1v) is 5.80. The molecule has 0 radical (unpaired) electrons. The molecule has 0 amide bonds. The molecule has 15 heavy (non-hydrogen) atoms. The fraction of sp³-hybridized carbons (Fsp3) is 0.333. The first-order chi connectivity index (χ1) is 7.22. The lowest BCUT2D eigenvalue weighted by atomic mass is 9.92. The van der Waals surface area contributed by atoms with Crippen molar-refractivity contribution in [2.45, 2.75) is 18.9 Å². The summed E-state index contributed by atoms with van der Waals surface area (Å²) in [6, 6.07) is 4.29. The van der Waals surface area contributed by atoms with Crippen molar-refractivity contribution in [2.24, 2.45) is 0 Å². The number of hydrogen-bond acceptors (Lipinski definition) is 1. The smallest absolute Gasteiger partial charge is 0.0595 e. The van der Waals surface area contributed by atoms with Crippen molar-refractivity contribution < 1.29 is 0 Å². The maximum Gasteiger partial charge on any atom is 0.0595 e. The number of halogens is 2. The topological polar surface area (TPSA) is 12.0 Å². The number of hydrogen-bond donors (Lipinski definition) is 1. The predicted molar refractivity (Wildman–Crippen MR) is 65.7 cm³/mol. The Hall–Kier alpha value is -0.500. The fourth-order valence-electron chi connectivity index (χ4n) is 2.01. The minimum atomic E-state index is 0.334. The SMILES string of the molecule is C=CC[C@H]1NCCc2cc(Cl)c(Cl)cc21. The van der Waals surface area contributed by atoms with E-state index in [9.17, 15) is 0 Å². The monoisotopic (exact) mass is 241 g/mol. The Labute approximate surface area is 100 Å². The molecule has 2 rings (SSSR count). The molecule has 1 aromatic rings. The number of benzene rings is 1. The zero-order valence-corrected chi connectivity index (χ0v) is 9.91. The third-order valence-electron chi connectivity index (χ3n) is 2.74. The van der Waals surface area contributed by atoms with Gasteiger partial charge in [-0.1, -0.05) is 29.3 Å². The Morgan fingerprint density at radius 3 is 2.87 bits per heavy atom. The minimum absolute atomic E-state index is 0.334. The third-order valence-corrected chi connectivity index (χ3v) is 3.47. The lowest BCUT2D eigenvalue weighted by molar-refractivity contribution is 0.510. The van der Waals surface area contributed by atoms with Gasteiger partial charge in [0.2, 0.25) is 0 Å². The summed E-state index contributed by atoms with van der Waals surface area (Å²) in [5, 5.41) is 4.73. The Balaban J connectivity index is 2.42. The van der Waals surface area contributed by atoms with Gasteiger partial charge >= 0.3 is 0 Å². The van der Waals surface area contributed by atoms with Crippen molar-refractivity contribution in [1.29, 1.82) is 0 Å². The molecule has 1 nitrogen and oxygen atoms in total. The van der Waals surface area contributed by atoms with Crippen LogP contribution in [0.5, 0.6) is 0 Å². The fourth-order valence-corrected chi connectivity index (χ4v) is 2.37. The molecule has 1 N–H and O–H groups in total. The number of fused-ring (bicyclic) bond motifs is 1. The summed E-state index contributed by atoms with van der Waals surface area (Å²) in [7, 11) is 0. The molecule has 1 atom stereocenters. The van der Waals surface area contributed by atoms with Gasteiger partial charge in [-0.25, -0.2) is 0 Å². The first kappa shape index (κ1) is 11.0. The molecule has 0 fully saturated rings. The molecule has 80 valence electrons. The lowest BCUT2D eigenvalue weighted by Crippen LogP contribution is -2.29. The zero-order chi connectivity index (χ0) is 10.8. The van der Waals surface area contributed by atoms with E-state index >= 15 is 0 Å². The predicted octanol–water partition coefficient (Wildman–Crippen LogP) is 3.76. The summed E-state index contributed by atoms with van der Waals surface area (Å²) >= 11 is 12.0. The van der Waals surface area contributed by atoms with Crippen LogP contribution in [-0.2, 0) is 6.42 Å². The molecule has 1 aliphatic heterocycles. The molecular formula is C12H13Cl2N. The molecular weight excluding hydrogens is 229 g/mol. The van der Waals surface area contributed by atoms with Crippen molar-refractivity contribution in [3.63, 3.8) is 0 Å². The van der Waals surface area contributed by atoms with E-state index in [0.717, 1.165) is 19.4 Å². The summed E-state index contributed by atoms with van der Waals surface area (Å²) in [6.07, 6.45) is 3.86. The molecule has 0 spiro atoms. The highest BCUT2D eigenvalue weighted by Gasteiger charge is 2.19. The van der Waals surface area contributed by atoms with Crippen molar-refractivity contribution >= 4 is 23.2 Å². The van der Waals surface area contributed by atoms with E-state index in [1.54, 1.807) is 0 Å². The van der Waals surface area contributed by atoms with E-state index in [-0.39, 0.29) is 0 Å². The molecule has 0 unspecified atom stereocenters. The average Bonchev–Trinajstić information content (AvgIpc) is 2.21. The minimum Gasteiger partial charge on any atom is -0.309 e. The maximum absolute atomic E-state index is 6.03. The second-order valence-electron chi connectivity index (χ2n) is 3.75. The van der Waals surface area contributed by atoms with E-state index in [0.29, 0.717) is 16.1 Å². The molecule has 1 aromatic carbocycles. The second kappa shape index (κ2) is 4.56. The summed E-state index contributed by atoms with van der Waals surface area (Å²) in [6.45, 7) is 4.76. The van der Waals surface area contributed by atoms with Crippen molar-refractivity contribution in [2.75, 3.05) is 6.54 Å². The highest BCUT2D eigenvalue weighted by Crippen LogP contribution is 2.32. The highest BCUT2D eigenvalue weighted by atomic mass is 35.5. The summed E-state index contributed by atoms with van der Waals surface area (Å²) < 4.78 is 0. The van der Waals surface area contributed by atoms with E-state index in [4.69, 9.17) is 23.2 Å². The largest absolute Gasteiger partial charge is 0.309 e. The summed E-state index contributed by atoms with van der Waals surface area (Å²) in [4.78, 5) is 0. The molecule has 1 aliphatic rings. The van der Waals surface area contributed by atoms with Crippen LogP contribution >= 0.6 is 23.2 Å². The van der Waals surface area contributed by atoms with Crippen LogP contribution in [0.4, 0.5) is 0 Å². The highest BCUT2D eigenvalue weighted by molar-refractivity contribution is 6.42. The van der Waals surface area contributed by atoms with Gasteiger partial charge in [-0.05, 0) is 42.6 Å². The molecule has 1 heterocycles. The third kappa shape index (κ3) is 2.20. The van der Waals surface area contributed by atoms with Crippen LogP contribution in [0.25, 0.3) is 0 Å². The standard InChI is InChI=1S/C12H13Cl2N/c1-2-3-12-9-7-11(14)10(13)6-8(9)4-5-15-12/h2,6-7,12,15H,1,3-5H2/t12-/m1/s1. The van der Waals surface area contributed by atoms with Crippen LogP contribution in [0.1, 0.15) is 23.6 Å². The molecule has 3 heteroatoms. The van der Waals surface area contributed by atoms with Gasteiger partial charge in [0.1, 0.15) is 0 Å². The molecule has 0 saturated carbocycles. The van der Waals surface area contributed by atoms with Crippen molar-refractivity contribution in [3.05, 3.63) is 46.0 Å². The van der Waals surface area contributed by atoms with Crippen molar-refractivity contribution in [1.82, 2.24) is 5.32 Å². The van der Waals surface area contributed by atoms with Gasteiger partial charge in [-0.2, -0.15) is 0 Å². The van der Waals surface area contributed by atoms with Crippen LogP contribution in [0.2, 0.25) is 10.0 Å². The van der Waals surface area contributed by atoms with Crippen LogP contribution in [0, 0.1) is 0 Å². The summed E-state index contributed by atoms with van der Waals surface area (Å²) in [5.41, 5.74) is 2.56. The van der Waals surface area contributed by atoms with Crippen LogP contribution in [0.15, 0.2) is 24.8 Å². The van der Waals surface area contributed by atoms with E-state index < -0.39 is 0 Å². The van der Waals surface area contributed by atoms with Crippen LogP contribution in [-0.4, -0.2) is 6.54 Å². The summed E-state index contributed by atoms with van der Waals surface area (Å²) in [5.74, 6) is 0. The van der Waals surface area contributed by atoms with Gasteiger partial charge in [-0.15, -0.1) is 6.58 Å². The second-order valence-corrected chi connectivity index (χ2v) is 4.56. The maximum atomic E-state index is 6.03. The average molecular weight is 242 g/mol. The van der Waals surface area contributed by atoms with E-state index in [1.807, 2.05) is 18.2 Å². The van der Waals surface area contributed by atoms with Gasteiger partial charge in [0, 0.05) is 6.04 Å². The molecule has 0 saturated heterocycles. The Morgan fingerprint density at radius 1 is 1.40 bits per heavy atom.